The van der Waals surface area contributed by atoms with Crippen LogP contribution in [0.4, 0.5) is 4.39 Å². The fourth-order valence-corrected chi connectivity index (χ4v) is 1.92. The largest absolute Gasteiger partial charge is 0.457 e. The maximum absolute atomic E-state index is 13.4. The predicted octanol–water partition coefficient (Wildman–Crippen LogP) is 4.43. The number of rotatable bonds is 6. The molecule has 0 atom stereocenters. The summed E-state index contributed by atoms with van der Waals surface area (Å²) in [4.78, 5) is 0. The molecule has 2 aromatic carbocycles. The van der Waals surface area contributed by atoms with E-state index in [9.17, 15) is 4.39 Å². The molecule has 0 spiro atoms. The summed E-state index contributed by atoms with van der Waals surface area (Å²) in [5.41, 5.74) is 2.01. The lowest BCUT2D eigenvalue weighted by atomic mass is 10.2. The van der Waals surface area contributed by atoms with E-state index in [1.54, 1.807) is 6.07 Å². The number of hydrogen-bond acceptors (Lipinski definition) is 2. The number of benzene rings is 2. The van der Waals surface area contributed by atoms with Crippen molar-refractivity contribution in [1.82, 2.24) is 5.32 Å². The quantitative estimate of drug-likeness (QED) is 0.786. The molecule has 0 unspecified atom stereocenters. The second-order valence-electron chi connectivity index (χ2n) is 4.84. The molecule has 106 valence electrons. The predicted molar refractivity (Wildman–Crippen MR) is 79.7 cm³/mol. The van der Waals surface area contributed by atoms with Gasteiger partial charge in [-0.1, -0.05) is 24.6 Å². The van der Waals surface area contributed by atoms with E-state index in [4.69, 9.17) is 4.74 Å². The summed E-state index contributed by atoms with van der Waals surface area (Å²) in [6.07, 6.45) is 1.05. The molecule has 3 heteroatoms. The SMILES string of the molecule is CCCNCc1cc(F)ccc1Oc1ccc(C)cc1. The zero-order valence-corrected chi connectivity index (χ0v) is 11.9. The van der Waals surface area contributed by atoms with Crippen molar-refractivity contribution in [2.24, 2.45) is 0 Å². The van der Waals surface area contributed by atoms with Crippen molar-refractivity contribution in [3.63, 3.8) is 0 Å². The van der Waals surface area contributed by atoms with Crippen molar-refractivity contribution >= 4 is 0 Å². The first-order chi connectivity index (χ1) is 9.69. The summed E-state index contributed by atoms with van der Waals surface area (Å²) in [7, 11) is 0. The standard InChI is InChI=1S/C17H20FNO/c1-3-10-19-12-14-11-15(18)6-9-17(14)20-16-7-4-13(2)5-8-16/h4-9,11,19H,3,10,12H2,1-2H3. The normalized spacial score (nSPS) is 10.6. The van der Waals surface area contributed by atoms with Crippen LogP contribution in [0.15, 0.2) is 42.5 Å². The molecule has 1 N–H and O–H groups in total. The van der Waals surface area contributed by atoms with Gasteiger partial charge in [0.2, 0.25) is 0 Å². The maximum atomic E-state index is 13.4. The third-order valence-electron chi connectivity index (χ3n) is 3.01. The lowest BCUT2D eigenvalue weighted by Crippen LogP contribution is -2.14. The summed E-state index contributed by atoms with van der Waals surface area (Å²) in [6.45, 7) is 5.64. The van der Waals surface area contributed by atoms with Gasteiger partial charge in [0.05, 0.1) is 0 Å². The molecule has 0 fully saturated rings. The first-order valence-electron chi connectivity index (χ1n) is 6.92. The van der Waals surface area contributed by atoms with Gasteiger partial charge < -0.3 is 10.1 Å². The highest BCUT2D eigenvalue weighted by Crippen LogP contribution is 2.26. The summed E-state index contributed by atoms with van der Waals surface area (Å²) in [5.74, 6) is 1.22. The van der Waals surface area contributed by atoms with Crippen LogP contribution in [-0.2, 0) is 6.54 Å². The molecule has 0 heterocycles. The first kappa shape index (κ1) is 14.5. The van der Waals surface area contributed by atoms with Crippen molar-refractivity contribution in [3.8, 4) is 11.5 Å². The number of nitrogens with one attached hydrogen (secondary N) is 1. The molecule has 0 radical (unpaired) electrons. The Labute approximate surface area is 119 Å². The molecule has 0 aromatic heterocycles. The highest BCUT2D eigenvalue weighted by atomic mass is 19.1. The van der Waals surface area contributed by atoms with Crippen LogP contribution in [0.2, 0.25) is 0 Å². The van der Waals surface area contributed by atoms with E-state index in [-0.39, 0.29) is 5.82 Å². The van der Waals surface area contributed by atoms with E-state index in [0.717, 1.165) is 24.3 Å². The number of halogens is 1. The van der Waals surface area contributed by atoms with Gasteiger partial charge in [0.25, 0.3) is 0 Å². The van der Waals surface area contributed by atoms with Gasteiger partial charge >= 0.3 is 0 Å². The Balaban J connectivity index is 2.15. The Kier molecular flexibility index (Phi) is 5.13. The molecule has 0 aliphatic carbocycles. The van der Waals surface area contributed by atoms with E-state index in [1.165, 1.54) is 17.7 Å². The van der Waals surface area contributed by atoms with Gasteiger partial charge in [-0.05, 0) is 50.2 Å². The smallest absolute Gasteiger partial charge is 0.132 e. The van der Waals surface area contributed by atoms with Crippen LogP contribution in [0.25, 0.3) is 0 Å². The fourth-order valence-electron chi connectivity index (χ4n) is 1.92. The van der Waals surface area contributed by atoms with Crippen LogP contribution >= 0.6 is 0 Å². The van der Waals surface area contributed by atoms with Crippen LogP contribution in [0.1, 0.15) is 24.5 Å². The zero-order valence-electron chi connectivity index (χ0n) is 11.9. The van der Waals surface area contributed by atoms with Crippen LogP contribution in [0.5, 0.6) is 11.5 Å². The van der Waals surface area contributed by atoms with Crippen LogP contribution in [-0.4, -0.2) is 6.54 Å². The van der Waals surface area contributed by atoms with Crippen molar-refractivity contribution < 1.29 is 9.13 Å². The van der Waals surface area contributed by atoms with Gasteiger partial charge in [-0.3, -0.25) is 0 Å². The minimum absolute atomic E-state index is 0.241. The molecule has 0 aliphatic rings. The first-order valence-corrected chi connectivity index (χ1v) is 6.92. The summed E-state index contributed by atoms with van der Waals surface area (Å²) < 4.78 is 19.2. The fraction of sp³-hybridized carbons (Fsp3) is 0.294. The van der Waals surface area contributed by atoms with Crippen molar-refractivity contribution in [2.75, 3.05) is 6.54 Å². The van der Waals surface area contributed by atoms with Crippen LogP contribution in [0.3, 0.4) is 0 Å². The second kappa shape index (κ2) is 7.06. The Morgan fingerprint density at radius 2 is 1.85 bits per heavy atom. The molecular weight excluding hydrogens is 253 g/mol. The molecule has 20 heavy (non-hydrogen) atoms. The number of ether oxygens (including phenoxy) is 1. The lowest BCUT2D eigenvalue weighted by Gasteiger charge is -2.12. The highest BCUT2D eigenvalue weighted by Gasteiger charge is 2.06. The van der Waals surface area contributed by atoms with Gasteiger partial charge in [0.1, 0.15) is 17.3 Å². The topological polar surface area (TPSA) is 21.3 Å². The van der Waals surface area contributed by atoms with Crippen molar-refractivity contribution in [2.45, 2.75) is 26.8 Å². The molecule has 0 saturated heterocycles. The van der Waals surface area contributed by atoms with E-state index in [2.05, 4.69) is 12.2 Å². The minimum Gasteiger partial charge on any atom is -0.457 e. The molecule has 2 nitrogen and oxygen atoms in total. The van der Waals surface area contributed by atoms with Gasteiger partial charge in [-0.25, -0.2) is 4.39 Å². The Morgan fingerprint density at radius 1 is 1.10 bits per heavy atom. The Bertz CT molecular complexity index is 551. The maximum Gasteiger partial charge on any atom is 0.132 e. The Hall–Kier alpha value is -1.87. The molecule has 0 saturated carbocycles. The average Bonchev–Trinajstić information content (AvgIpc) is 2.44. The Morgan fingerprint density at radius 3 is 2.55 bits per heavy atom. The highest BCUT2D eigenvalue weighted by molar-refractivity contribution is 5.38. The van der Waals surface area contributed by atoms with Gasteiger partial charge in [0.15, 0.2) is 0 Å². The third-order valence-corrected chi connectivity index (χ3v) is 3.01. The van der Waals surface area contributed by atoms with Crippen LogP contribution < -0.4 is 10.1 Å². The lowest BCUT2D eigenvalue weighted by molar-refractivity contribution is 0.469. The minimum atomic E-state index is -0.241. The molecule has 2 rings (SSSR count). The van der Waals surface area contributed by atoms with E-state index in [0.29, 0.717) is 12.3 Å². The monoisotopic (exact) mass is 273 g/mol. The second-order valence-corrected chi connectivity index (χ2v) is 4.84. The van der Waals surface area contributed by atoms with E-state index < -0.39 is 0 Å². The molecule has 0 aliphatic heterocycles. The van der Waals surface area contributed by atoms with Crippen molar-refractivity contribution in [3.05, 3.63) is 59.4 Å². The summed E-state index contributed by atoms with van der Waals surface area (Å²) in [6, 6.07) is 12.4. The van der Waals surface area contributed by atoms with Gasteiger partial charge in [-0.15, -0.1) is 0 Å². The van der Waals surface area contributed by atoms with Crippen molar-refractivity contribution in [1.29, 1.82) is 0 Å². The number of aryl methyl sites for hydroxylation is 1. The summed E-state index contributed by atoms with van der Waals surface area (Å²) >= 11 is 0. The van der Waals surface area contributed by atoms with E-state index in [1.807, 2.05) is 31.2 Å². The van der Waals surface area contributed by atoms with E-state index >= 15 is 0 Å². The average molecular weight is 273 g/mol. The zero-order chi connectivity index (χ0) is 14.4. The molecule has 0 bridgehead atoms. The van der Waals surface area contributed by atoms with Gasteiger partial charge in [0, 0.05) is 12.1 Å². The third kappa shape index (κ3) is 4.07. The molecule has 2 aromatic rings. The molecular formula is C17H20FNO. The van der Waals surface area contributed by atoms with Crippen LogP contribution in [0, 0.1) is 12.7 Å². The summed E-state index contributed by atoms with van der Waals surface area (Å²) in [5, 5.41) is 3.27. The van der Waals surface area contributed by atoms with Gasteiger partial charge in [-0.2, -0.15) is 0 Å². The number of hydrogen-bond donors (Lipinski definition) is 1. The molecule has 0 amide bonds.